The van der Waals surface area contributed by atoms with Crippen LogP contribution in [0.25, 0.3) is 0 Å². The molecular weight excluding hydrogens is 246 g/mol. The van der Waals surface area contributed by atoms with Gasteiger partial charge >= 0.3 is 0 Å². The third-order valence-corrected chi connectivity index (χ3v) is 3.65. The molecule has 2 aromatic heterocycles. The molecule has 2 heterocycles. The number of aryl methyl sites for hydroxylation is 6. The molecule has 102 valence electrons. The number of aromatic nitrogens is 2. The summed E-state index contributed by atoms with van der Waals surface area (Å²) < 4.78 is 0. The highest BCUT2D eigenvalue weighted by atomic mass is 14.7. The largest absolute Gasteiger partial charge is 0.258 e. The molecule has 0 amide bonds. The van der Waals surface area contributed by atoms with Crippen LogP contribution in [0.3, 0.4) is 0 Å². The van der Waals surface area contributed by atoms with Crippen molar-refractivity contribution in [3.05, 3.63) is 57.7 Å². The quantitative estimate of drug-likeness (QED) is 0.855. The first-order valence-electron chi connectivity index (χ1n) is 6.81. The lowest BCUT2D eigenvalue weighted by Gasteiger charge is -2.08. The molecule has 3 heteroatoms. The van der Waals surface area contributed by atoms with Crippen LogP contribution in [0.4, 0.5) is 0 Å². The first kappa shape index (κ1) is 14.2. The van der Waals surface area contributed by atoms with E-state index >= 15 is 0 Å². The van der Waals surface area contributed by atoms with Crippen LogP contribution in [0, 0.1) is 39.0 Å². The zero-order valence-corrected chi connectivity index (χ0v) is 12.5. The minimum atomic E-state index is 0.663. The summed E-state index contributed by atoms with van der Waals surface area (Å²) in [6, 6.07) is 8.29. The van der Waals surface area contributed by atoms with Crippen LogP contribution in [0.15, 0.2) is 18.2 Å². The fraction of sp³-hybridized carbons (Fsp3) is 0.353. The maximum absolute atomic E-state index is 9.00. The number of pyridine rings is 2. The Balaban J connectivity index is 2.17. The Morgan fingerprint density at radius 1 is 0.950 bits per heavy atom. The van der Waals surface area contributed by atoms with Crippen LogP contribution in [0.5, 0.6) is 0 Å². The molecule has 0 saturated carbocycles. The second kappa shape index (κ2) is 5.83. The normalized spacial score (nSPS) is 10.3. The predicted molar refractivity (Wildman–Crippen MR) is 79.5 cm³/mol. The second-order valence-electron chi connectivity index (χ2n) is 5.20. The van der Waals surface area contributed by atoms with Gasteiger partial charge in [-0.3, -0.25) is 9.97 Å². The summed E-state index contributed by atoms with van der Waals surface area (Å²) in [5, 5.41) is 9.00. The van der Waals surface area contributed by atoms with E-state index < -0.39 is 0 Å². The fourth-order valence-electron chi connectivity index (χ4n) is 2.19. The van der Waals surface area contributed by atoms with Crippen LogP contribution in [-0.4, -0.2) is 9.97 Å². The molecule has 0 unspecified atom stereocenters. The van der Waals surface area contributed by atoms with Gasteiger partial charge in [0.25, 0.3) is 0 Å². The average Bonchev–Trinajstić information content (AvgIpc) is 2.43. The molecule has 0 N–H and O–H groups in total. The molecular formula is C17H19N3. The minimum Gasteiger partial charge on any atom is -0.258 e. The molecule has 0 aliphatic carbocycles. The zero-order valence-electron chi connectivity index (χ0n) is 12.5. The molecule has 20 heavy (non-hydrogen) atoms. The van der Waals surface area contributed by atoms with Crippen molar-refractivity contribution >= 4 is 0 Å². The Bertz CT molecular complexity index is 681. The summed E-state index contributed by atoms with van der Waals surface area (Å²) in [4.78, 5) is 9.14. The third kappa shape index (κ3) is 3.03. The highest BCUT2D eigenvalue weighted by Crippen LogP contribution is 2.14. The van der Waals surface area contributed by atoms with Gasteiger partial charge in [0.1, 0.15) is 6.07 Å². The van der Waals surface area contributed by atoms with Crippen molar-refractivity contribution in [3.63, 3.8) is 0 Å². The SMILES string of the molecule is Cc1ccc(CCc2nc(C)c(C#N)cc2C)nc1C. The molecule has 0 bridgehead atoms. The topological polar surface area (TPSA) is 49.6 Å². The van der Waals surface area contributed by atoms with Gasteiger partial charge in [-0.2, -0.15) is 5.26 Å². The number of rotatable bonds is 3. The standard InChI is InChI=1S/C17H19N3/c1-11-5-6-16(19-13(11)3)7-8-17-12(2)9-15(10-18)14(4)20-17/h5-6,9H,7-8H2,1-4H3. The van der Waals surface area contributed by atoms with Crippen LogP contribution in [-0.2, 0) is 12.8 Å². The summed E-state index contributed by atoms with van der Waals surface area (Å²) in [7, 11) is 0. The van der Waals surface area contributed by atoms with Crippen molar-refractivity contribution in [3.8, 4) is 6.07 Å². The maximum Gasteiger partial charge on any atom is 0.101 e. The van der Waals surface area contributed by atoms with Gasteiger partial charge in [-0.05, 0) is 63.8 Å². The summed E-state index contributed by atoms with van der Waals surface area (Å²) in [5.74, 6) is 0. The summed E-state index contributed by atoms with van der Waals surface area (Å²) in [6.45, 7) is 8.00. The van der Waals surface area contributed by atoms with Gasteiger partial charge in [-0.15, -0.1) is 0 Å². The van der Waals surface area contributed by atoms with Crippen molar-refractivity contribution in [1.82, 2.24) is 9.97 Å². The highest BCUT2D eigenvalue weighted by Gasteiger charge is 2.07. The van der Waals surface area contributed by atoms with Gasteiger partial charge in [0, 0.05) is 17.1 Å². The Morgan fingerprint density at radius 3 is 2.35 bits per heavy atom. The van der Waals surface area contributed by atoms with E-state index in [9.17, 15) is 0 Å². The first-order valence-corrected chi connectivity index (χ1v) is 6.81. The van der Waals surface area contributed by atoms with Crippen molar-refractivity contribution < 1.29 is 0 Å². The van der Waals surface area contributed by atoms with Crippen LogP contribution < -0.4 is 0 Å². The maximum atomic E-state index is 9.00. The molecule has 0 spiro atoms. The lowest BCUT2D eigenvalue weighted by atomic mass is 10.0. The van der Waals surface area contributed by atoms with Gasteiger partial charge in [0.2, 0.25) is 0 Å². The van der Waals surface area contributed by atoms with E-state index in [0.29, 0.717) is 5.56 Å². The monoisotopic (exact) mass is 265 g/mol. The highest BCUT2D eigenvalue weighted by molar-refractivity contribution is 5.38. The Morgan fingerprint density at radius 2 is 1.70 bits per heavy atom. The van der Waals surface area contributed by atoms with E-state index in [1.165, 1.54) is 5.56 Å². The summed E-state index contributed by atoms with van der Waals surface area (Å²) >= 11 is 0. The lowest BCUT2D eigenvalue weighted by molar-refractivity contribution is 0.852. The van der Waals surface area contributed by atoms with Gasteiger partial charge < -0.3 is 0 Å². The average molecular weight is 265 g/mol. The van der Waals surface area contributed by atoms with E-state index in [-0.39, 0.29) is 0 Å². The molecule has 3 nitrogen and oxygen atoms in total. The van der Waals surface area contributed by atoms with Gasteiger partial charge in [-0.25, -0.2) is 0 Å². The Kier molecular flexibility index (Phi) is 4.14. The van der Waals surface area contributed by atoms with Crippen molar-refractivity contribution in [2.75, 3.05) is 0 Å². The third-order valence-electron chi connectivity index (χ3n) is 3.65. The van der Waals surface area contributed by atoms with E-state index in [2.05, 4.69) is 35.1 Å². The molecule has 0 aromatic carbocycles. The van der Waals surface area contributed by atoms with Crippen LogP contribution in [0.2, 0.25) is 0 Å². The molecule has 0 radical (unpaired) electrons. The smallest absolute Gasteiger partial charge is 0.101 e. The van der Waals surface area contributed by atoms with Crippen LogP contribution >= 0.6 is 0 Å². The Labute approximate surface area is 120 Å². The van der Waals surface area contributed by atoms with Crippen molar-refractivity contribution in [2.24, 2.45) is 0 Å². The van der Waals surface area contributed by atoms with E-state index in [1.54, 1.807) is 0 Å². The van der Waals surface area contributed by atoms with Crippen molar-refractivity contribution in [1.29, 1.82) is 5.26 Å². The Hall–Kier alpha value is -2.21. The molecule has 0 atom stereocenters. The number of hydrogen-bond donors (Lipinski definition) is 0. The van der Waals surface area contributed by atoms with Crippen LogP contribution in [0.1, 0.15) is 39.5 Å². The molecule has 2 rings (SSSR count). The number of nitriles is 1. The van der Waals surface area contributed by atoms with E-state index in [1.807, 2.05) is 26.8 Å². The van der Waals surface area contributed by atoms with E-state index in [4.69, 9.17) is 5.26 Å². The van der Waals surface area contributed by atoms with Gasteiger partial charge in [0.05, 0.1) is 11.3 Å². The number of hydrogen-bond acceptors (Lipinski definition) is 3. The molecule has 2 aromatic rings. The summed E-state index contributed by atoms with van der Waals surface area (Å²) in [6.07, 6.45) is 1.73. The predicted octanol–water partition coefficient (Wildman–Crippen LogP) is 3.37. The minimum absolute atomic E-state index is 0.663. The molecule has 0 saturated heterocycles. The zero-order chi connectivity index (χ0) is 14.7. The van der Waals surface area contributed by atoms with Gasteiger partial charge in [-0.1, -0.05) is 6.07 Å². The molecule has 0 aliphatic heterocycles. The second-order valence-corrected chi connectivity index (χ2v) is 5.20. The molecule has 0 fully saturated rings. The van der Waals surface area contributed by atoms with Crippen molar-refractivity contribution in [2.45, 2.75) is 40.5 Å². The lowest BCUT2D eigenvalue weighted by Crippen LogP contribution is -2.03. The molecule has 0 aliphatic rings. The summed E-state index contributed by atoms with van der Waals surface area (Å²) in [5.41, 5.74) is 7.01. The number of nitrogens with zero attached hydrogens (tertiary/aromatic N) is 3. The fourth-order valence-corrected chi connectivity index (χ4v) is 2.19. The van der Waals surface area contributed by atoms with Gasteiger partial charge in [0.15, 0.2) is 0 Å². The van der Waals surface area contributed by atoms with E-state index in [0.717, 1.165) is 41.2 Å². The first-order chi connectivity index (χ1) is 9.51.